The fraction of sp³-hybridized carbons (Fsp3) is 0.280. The number of nitrogens with one attached hydrogen (secondary N) is 1. The highest BCUT2D eigenvalue weighted by Gasteiger charge is 2.07. The van der Waals surface area contributed by atoms with E-state index in [9.17, 15) is 9.59 Å². The summed E-state index contributed by atoms with van der Waals surface area (Å²) in [6.07, 6.45) is 5.83. The van der Waals surface area contributed by atoms with Gasteiger partial charge in [-0.3, -0.25) is 9.59 Å². The van der Waals surface area contributed by atoms with Gasteiger partial charge in [-0.25, -0.2) is 0 Å². The molecule has 0 saturated carbocycles. The van der Waals surface area contributed by atoms with Crippen molar-refractivity contribution < 1.29 is 28.5 Å². The van der Waals surface area contributed by atoms with Crippen LogP contribution in [0.15, 0.2) is 48.6 Å². The fourth-order valence-corrected chi connectivity index (χ4v) is 2.79. The molecule has 2 aromatic rings. The van der Waals surface area contributed by atoms with Crippen LogP contribution in [0.2, 0.25) is 0 Å². The van der Waals surface area contributed by atoms with Gasteiger partial charge in [0, 0.05) is 6.54 Å². The first-order valence-corrected chi connectivity index (χ1v) is 10.1. The second-order valence-corrected chi connectivity index (χ2v) is 6.75. The second kappa shape index (κ2) is 13.0. The number of hydrogen-bond acceptors (Lipinski definition) is 7. The van der Waals surface area contributed by atoms with Crippen LogP contribution in [0.3, 0.4) is 0 Å². The Bertz CT molecular complexity index is 980. The number of ether oxygens (including phenoxy) is 4. The molecule has 0 aliphatic heterocycles. The van der Waals surface area contributed by atoms with Gasteiger partial charge in [0.25, 0.3) is 0 Å². The Morgan fingerprint density at radius 2 is 1.28 bits per heavy atom. The van der Waals surface area contributed by atoms with Crippen molar-refractivity contribution in [3.05, 3.63) is 59.7 Å². The molecule has 7 nitrogen and oxygen atoms in total. The van der Waals surface area contributed by atoms with Crippen LogP contribution in [0, 0.1) is 0 Å². The van der Waals surface area contributed by atoms with E-state index in [-0.39, 0.29) is 18.0 Å². The first-order valence-electron chi connectivity index (χ1n) is 10.1. The van der Waals surface area contributed by atoms with Crippen LogP contribution in [-0.2, 0) is 9.59 Å². The van der Waals surface area contributed by atoms with E-state index in [1.54, 1.807) is 63.8 Å². The normalized spacial score (nSPS) is 11.0. The smallest absolute Gasteiger partial charge is 0.163 e. The SMILES string of the molecule is CNCCOc1ccc(/C=C/C(=O)CC(=O)/C=C/c2ccc(OC)c(OC)c2)cc1OC. The topological polar surface area (TPSA) is 83.1 Å². The van der Waals surface area contributed by atoms with Crippen molar-refractivity contribution in [2.45, 2.75) is 6.42 Å². The standard InChI is InChI=1S/C25H29NO6/c1-26-13-14-32-23-12-8-19(16-25(23)31-4)6-10-21(28)17-20(27)9-5-18-7-11-22(29-2)24(15-18)30-3/h5-12,15-16,26H,13-14,17H2,1-4H3/b9-5+,10-6+. The van der Waals surface area contributed by atoms with E-state index in [1.165, 1.54) is 12.2 Å². The third-order valence-electron chi connectivity index (χ3n) is 4.48. The first-order chi connectivity index (χ1) is 15.5. The molecule has 0 unspecified atom stereocenters. The summed E-state index contributed by atoms with van der Waals surface area (Å²) in [5.74, 6) is 1.78. The van der Waals surface area contributed by atoms with E-state index in [0.717, 1.165) is 11.1 Å². The van der Waals surface area contributed by atoms with Gasteiger partial charge in [-0.2, -0.15) is 0 Å². The number of likely N-dealkylation sites (N-methyl/N-ethyl adjacent to an activating group) is 1. The Labute approximate surface area is 188 Å². The summed E-state index contributed by atoms with van der Waals surface area (Å²) in [4.78, 5) is 24.3. The highest BCUT2D eigenvalue weighted by molar-refractivity contribution is 6.10. The van der Waals surface area contributed by atoms with Crippen LogP contribution in [-0.4, -0.2) is 53.1 Å². The number of ketones is 2. The molecule has 2 aromatic carbocycles. The molecule has 0 aliphatic carbocycles. The third kappa shape index (κ3) is 7.59. The number of carbonyl (C=O) groups excluding carboxylic acids is 2. The lowest BCUT2D eigenvalue weighted by Gasteiger charge is -2.11. The van der Waals surface area contributed by atoms with Crippen LogP contribution in [0.1, 0.15) is 17.5 Å². The summed E-state index contributed by atoms with van der Waals surface area (Å²) in [7, 11) is 6.51. The Morgan fingerprint density at radius 1 is 0.781 bits per heavy atom. The maximum Gasteiger partial charge on any atom is 0.163 e. The largest absolute Gasteiger partial charge is 0.493 e. The molecule has 0 bridgehead atoms. The molecule has 170 valence electrons. The van der Waals surface area contributed by atoms with Crippen LogP contribution >= 0.6 is 0 Å². The van der Waals surface area contributed by atoms with E-state index in [2.05, 4.69) is 5.32 Å². The fourth-order valence-electron chi connectivity index (χ4n) is 2.79. The molecule has 0 heterocycles. The Balaban J connectivity index is 1.95. The van der Waals surface area contributed by atoms with Gasteiger partial charge in [0.05, 0.1) is 27.8 Å². The van der Waals surface area contributed by atoms with E-state index in [4.69, 9.17) is 18.9 Å². The van der Waals surface area contributed by atoms with E-state index < -0.39 is 0 Å². The maximum absolute atomic E-state index is 12.2. The zero-order valence-corrected chi connectivity index (χ0v) is 18.8. The predicted molar refractivity (Wildman–Crippen MR) is 125 cm³/mol. The molecule has 0 aromatic heterocycles. The molecule has 0 saturated heterocycles. The summed E-state index contributed by atoms with van der Waals surface area (Å²) in [5.41, 5.74) is 1.53. The van der Waals surface area contributed by atoms with Gasteiger partial charge < -0.3 is 24.3 Å². The minimum atomic E-state index is -0.291. The van der Waals surface area contributed by atoms with Gasteiger partial charge >= 0.3 is 0 Å². The van der Waals surface area contributed by atoms with E-state index in [1.807, 2.05) is 13.1 Å². The molecule has 32 heavy (non-hydrogen) atoms. The van der Waals surface area contributed by atoms with Crippen molar-refractivity contribution >= 4 is 23.7 Å². The van der Waals surface area contributed by atoms with Crippen molar-refractivity contribution in [2.24, 2.45) is 0 Å². The van der Waals surface area contributed by atoms with Crippen LogP contribution < -0.4 is 24.3 Å². The number of carbonyl (C=O) groups is 2. The third-order valence-corrected chi connectivity index (χ3v) is 4.48. The zero-order valence-electron chi connectivity index (χ0n) is 18.8. The summed E-state index contributed by atoms with van der Waals surface area (Å²) in [5, 5.41) is 3.01. The monoisotopic (exact) mass is 439 g/mol. The summed E-state index contributed by atoms with van der Waals surface area (Å²) in [6.45, 7) is 1.23. The molecule has 0 aliphatic rings. The van der Waals surface area contributed by atoms with Crippen LogP contribution in [0.4, 0.5) is 0 Å². The molecule has 0 atom stereocenters. The molecule has 0 fully saturated rings. The highest BCUT2D eigenvalue weighted by Crippen LogP contribution is 2.29. The molecule has 2 rings (SSSR count). The number of benzene rings is 2. The molecule has 0 amide bonds. The van der Waals surface area contributed by atoms with Crippen molar-refractivity contribution in [3.8, 4) is 23.0 Å². The summed E-state index contributed by atoms with van der Waals surface area (Å²) < 4.78 is 21.4. The van der Waals surface area contributed by atoms with Crippen molar-refractivity contribution in [1.29, 1.82) is 0 Å². The molecular formula is C25H29NO6. The van der Waals surface area contributed by atoms with E-state index >= 15 is 0 Å². The first kappa shape index (κ1) is 24.7. The minimum Gasteiger partial charge on any atom is -0.493 e. The van der Waals surface area contributed by atoms with E-state index in [0.29, 0.717) is 36.1 Å². The zero-order chi connectivity index (χ0) is 23.3. The predicted octanol–water partition coefficient (Wildman–Crippen LogP) is 3.57. The average Bonchev–Trinajstić information content (AvgIpc) is 2.81. The number of methoxy groups -OCH3 is 3. The quantitative estimate of drug-likeness (QED) is 0.290. The average molecular weight is 440 g/mol. The van der Waals surface area contributed by atoms with Gasteiger partial charge in [0.1, 0.15) is 6.61 Å². The van der Waals surface area contributed by atoms with Gasteiger partial charge in [-0.05, 0) is 54.6 Å². The highest BCUT2D eigenvalue weighted by atomic mass is 16.5. The Kier molecular flexibility index (Phi) is 10.0. The lowest BCUT2D eigenvalue weighted by Crippen LogP contribution is -2.16. The number of rotatable bonds is 13. The molecule has 7 heteroatoms. The van der Waals surface area contributed by atoms with Crippen molar-refractivity contribution in [1.82, 2.24) is 5.32 Å². The maximum atomic E-state index is 12.2. The second-order valence-electron chi connectivity index (χ2n) is 6.75. The van der Waals surface area contributed by atoms with Gasteiger partial charge in [0.15, 0.2) is 34.6 Å². The van der Waals surface area contributed by atoms with Gasteiger partial charge in [-0.1, -0.05) is 24.3 Å². The molecule has 0 radical (unpaired) electrons. The van der Waals surface area contributed by atoms with Gasteiger partial charge in [0.2, 0.25) is 0 Å². The summed E-state index contributed by atoms with van der Waals surface area (Å²) in [6, 6.07) is 10.7. The number of hydrogen-bond donors (Lipinski definition) is 1. The minimum absolute atomic E-state index is 0.220. The van der Waals surface area contributed by atoms with Crippen molar-refractivity contribution in [2.75, 3.05) is 41.5 Å². The lowest BCUT2D eigenvalue weighted by molar-refractivity contribution is -0.121. The van der Waals surface area contributed by atoms with Crippen LogP contribution in [0.5, 0.6) is 23.0 Å². The van der Waals surface area contributed by atoms with Crippen LogP contribution in [0.25, 0.3) is 12.2 Å². The van der Waals surface area contributed by atoms with Crippen molar-refractivity contribution in [3.63, 3.8) is 0 Å². The lowest BCUT2D eigenvalue weighted by atomic mass is 10.1. The number of allylic oxidation sites excluding steroid dienone is 2. The summed E-state index contributed by atoms with van der Waals surface area (Å²) >= 11 is 0. The molecular weight excluding hydrogens is 410 g/mol. The Morgan fingerprint density at radius 3 is 1.78 bits per heavy atom. The molecule has 1 N–H and O–H groups in total. The Hall–Kier alpha value is -3.58. The van der Waals surface area contributed by atoms with Gasteiger partial charge in [-0.15, -0.1) is 0 Å². The molecule has 0 spiro atoms.